The van der Waals surface area contributed by atoms with Gasteiger partial charge >= 0.3 is 0 Å². The van der Waals surface area contributed by atoms with Crippen LogP contribution in [0.5, 0.6) is 0 Å². The molecule has 0 unspecified atom stereocenters. The molecule has 0 saturated carbocycles. The normalized spacial score (nSPS) is 15.4. The first kappa shape index (κ1) is 18.4. The van der Waals surface area contributed by atoms with Crippen molar-refractivity contribution in [2.45, 2.75) is 20.0 Å². The van der Waals surface area contributed by atoms with Crippen molar-refractivity contribution in [2.75, 3.05) is 26.2 Å². The summed E-state index contributed by atoms with van der Waals surface area (Å²) in [6.45, 7) is 6.38. The Morgan fingerprint density at radius 3 is 2.85 bits per heavy atom. The molecule has 0 aliphatic carbocycles. The lowest BCUT2D eigenvalue weighted by Crippen LogP contribution is -2.48. The molecule has 1 aliphatic heterocycles. The lowest BCUT2D eigenvalue weighted by atomic mass is 10.2. The number of amides is 1. The largest absolute Gasteiger partial charge is 0.343 e. The Balaban J connectivity index is 1.34. The summed E-state index contributed by atoms with van der Waals surface area (Å²) in [6.07, 6.45) is 1.95. The molecule has 4 heterocycles. The van der Waals surface area contributed by atoms with Gasteiger partial charge in [-0.3, -0.25) is 9.69 Å². The minimum absolute atomic E-state index is 0.0833. The van der Waals surface area contributed by atoms with Crippen LogP contribution in [0.25, 0.3) is 10.7 Å². The Kier molecular flexibility index (Phi) is 5.42. The number of nitrogens with zero attached hydrogens (tertiary/aromatic N) is 5. The van der Waals surface area contributed by atoms with Gasteiger partial charge in [0.25, 0.3) is 5.91 Å². The van der Waals surface area contributed by atoms with E-state index in [1.54, 1.807) is 11.3 Å². The molecular weight excluding hydrogens is 430 g/mol. The molecule has 0 aromatic carbocycles. The summed E-state index contributed by atoms with van der Waals surface area (Å²) in [5.41, 5.74) is 0.732. The fraction of sp³-hybridized carbons (Fsp3) is 0.389. The SMILES string of the molecule is CCn1cc(Br)cc1C(=O)N1CCN(Cc2nc(-c3cccs3)no2)CC1. The summed E-state index contributed by atoms with van der Waals surface area (Å²) in [5.74, 6) is 1.33. The van der Waals surface area contributed by atoms with Crippen LogP contribution in [0.2, 0.25) is 0 Å². The molecule has 3 aromatic rings. The van der Waals surface area contributed by atoms with E-state index in [1.807, 2.05) is 46.2 Å². The maximum absolute atomic E-state index is 12.8. The lowest BCUT2D eigenvalue weighted by Gasteiger charge is -2.34. The van der Waals surface area contributed by atoms with Crippen molar-refractivity contribution in [3.63, 3.8) is 0 Å². The minimum Gasteiger partial charge on any atom is -0.343 e. The summed E-state index contributed by atoms with van der Waals surface area (Å²) in [7, 11) is 0. The van der Waals surface area contributed by atoms with Gasteiger partial charge in [0.15, 0.2) is 0 Å². The molecule has 0 bridgehead atoms. The van der Waals surface area contributed by atoms with Gasteiger partial charge in [-0.2, -0.15) is 4.98 Å². The summed E-state index contributed by atoms with van der Waals surface area (Å²) in [6, 6.07) is 5.84. The van der Waals surface area contributed by atoms with Crippen molar-refractivity contribution < 1.29 is 9.32 Å². The second-order valence-electron chi connectivity index (χ2n) is 6.39. The summed E-state index contributed by atoms with van der Waals surface area (Å²) in [5, 5.41) is 6.05. The average Bonchev–Trinajstić information content (AvgIpc) is 3.42. The first-order chi connectivity index (χ1) is 13.1. The number of thiophene rings is 1. The predicted octanol–water partition coefficient (Wildman–Crippen LogP) is 3.34. The third kappa shape index (κ3) is 3.99. The standard InChI is InChI=1S/C18H20BrN5O2S/c1-2-23-11-13(19)10-14(23)18(25)24-7-5-22(6-8-24)12-16-20-17(21-26-16)15-4-3-9-27-15/h3-4,9-11H,2,5-8,12H2,1H3. The quantitative estimate of drug-likeness (QED) is 0.597. The highest BCUT2D eigenvalue weighted by molar-refractivity contribution is 9.10. The number of hydrogen-bond acceptors (Lipinski definition) is 6. The number of hydrogen-bond donors (Lipinski definition) is 0. The molecule has 1 fully saturated rings. The van der Waals surface area contributed by atoms with Crippen LogP contribution in [0.3, 0.4) is 0 Å². The maximum atomic E-state index is 12.8. The highest BCUT2D eigenvalue weighted by Gasteiger charge is 2.25. The Hall–Kier alpha value is -1.97. The van der Waals surface area contributed by atoms with E-state index in [9.17, 15) is 4.79 Å². The molecule has 1 amide bonds. The molecule has 3 aromatic heterocycles. The number of rotatable bonds is 5. The highest BCUT2D eigenvalue weighted by Crippen LogP contribution is 2.22. The lowest BCUT2D eigenvalue weighted by molar-refractivity contribution is 0.0605. The molecule has 4 rings (SSSR count). The molecule has 0 radical (unpaired) electrons. The van der Waals surface area contributed by atoms with Crippen LogP contribution in [0.1, 0.15) is 23.3 Å². The Bertz CT molecular complexity index is 912. The van der Waals surface area contributed by atoms with Crippen molar-refractivity contribution in [2.24, 2.45) is 0 Å². The molecule has 0 N–H and O–H groups in total. The van der Waals surface area contributed by atoms with Gasteiger partial charge in [-0.15, -0.1) is 11.3 Å². The predicted molar refractivity (Wildman–Crippen MR) is 107 cm³/mol. The van der Waals surface area contributed by atoms with Gasteiger partial charge in [0, 0.05) is 43.4 Å². The van der Waals surface area contributed by atoms with Gasteiger partial charge in [-0.05, 0) is 40.4 Å². The minimum atomic E-state index is 0.0833. The summed E-state index contributed by atoms with van der Waals surface area (Å²) < 4.78 is 8.29. The summed E-state index contributed by atoms with van der Waals surface area (Å²) in [4.78, 5) is 22.5. The van der Waals surface area contributed by atoms with Gasteiger partial charge in [0.1, 0.15) is 5.69 Å². The molecule has 27 heavy (non-hydrogen) atoms. The maximum Gasteiger partial charge on any atom is 0.270 e. The zero-order chi connectivity index (χ0) is 18.8. The van der Waals surface area contributed by atoms with Crippen LogP contribution in [0.4, 0.5) is 0 Å². The third-order valence-electron chi connectivity index (χ3n) is 4.65. The second-order valence-corrected chi connectivity index (χ2v) is 8.25. The topological polar surface area (TPSA) is 67.4 Å². The van der Waals surface area contributed by atoms with E-state index in [2.05, 4.69) is 31.0 Å². The fourth-order valence-corrected chi connectivity index (χ4v) is 4.32. The van der Waals surface area contributed by atoms with Crippen molar-refractivity contribution in [3.8, 4) is 10.7 Å². The van der Waals surface area contributed by atoms with Gasteiger partial charge in [0.2, 0.25) is 11.7 Å². The Labute approximate surface area is 169 Å². The number of piperazine rings is 1. The van der Waals surface area contributed by atoms with Gasteiger partial charge < -0.3 is 14.0 Å². The van der Waals surface area contributed by atoms with Crippen molar-refractivity contribution in [1.82, 2.24) is 24.5 Å². The van der Waals surface area contributed by atoms with Crippen LogP contribution in [-0.4, -0.2) is 56.6 Å². The first-order valence-corrected chi connectivity index (χ1v) is 10.5. The van der Waals surface area contributed by atoms with Crippen LogP contribution in [0, 0.1) is 0 Å². The Morgan fingerprint density at radius 2 is 2.15 bits per heavy atom. The van der Waals surface area contributed by atoms with Crippen LogP contribution in [0.15, 0.2) is 38.8 Å². The second kappa shape index (κ2) is 7.95. The molecule has 142 valence electrons. The van der Waals surface area contributed by atoms with E-state index in [0.717, 1.165) is 34.7 Å². The van der Waals surface area contributed by atoms with Gasteiger partial charge in [-0.25, -0.2) is 0 Å². The zero-order valence-electron chi connectivity index (χ0n) is 15.0. The van der Waals surface area contributed by atoms with E-state index in [4.69, 9.17) is 4.52 Å². The van der Waals surface area contributed by atoms with Gasteiger partial charge in [-0.1, -0.05) is 11.2 Å². The highest BCUT2D eigenvalue weighted by atomic mass is 79.9. The van der Waals surface area contributed by atoms with Crippen LogP contribution >= 0.6 is 27.3 Å². The molecule has 0 atom stereocenters. The summed E-state index contributed by atoms with van der Waals surface area (Å²) >= 11 is 5.05. The average molecular weight is 450 g/mol. The zero-order valence-corrected chi connectivity index (χ0v) is 17.4. The number of carbonyl (C=O) groups is 1. The first-order valence-electron chi connectivity index (χ1n) is 8.88. The molecule has 1 aliphatic rings. The van der Waals surface area contributed by atoms with Crippen LogP contribution < -0.4 is 0 Å². The van der Waals surface area contributed by atoms with Crippen LogP contribution in [-0.2, 0) is 13.1 Å². The monoisotopic (exact) mass is 449 g/mol. The molecule has 0 spiro atoms. The van der Waals surface area contributed by atoms with E-state index in [-0.39, 0.29) is 5.91 Å². The van der Waals surface area contributed by atoms with Crippen molar-refractivity contribution >= 4 is 33.2 Å². The number of aromatic nitrogens is 3. The van der Waals surface area contributed by atoms with Gasteiger partial charge in [0.05, 0.1) is 11.4 Å². The number of carbonyl (C=O) groups excluding carboxylic acids is 1. The molecular formula is C18H20BrN5O2S. The van der Waals surface area contributed by atoms with Crippen molar-refractivity contribution in [1.29, 1.82) is 0 Å². The molecule has 1 saturated heterocycles. The van der Waals surface area contributed by atoms with E-state index in [0.29, 0.717) is 31.3 Å². The molecule has 7 nitrogen and oxygen atoms in total. The van der Waals surface area contributed by atoms with E-state index >= 15 is 0 Å². The fourth-order valence-electron chi connectivity index (χ4n) is 3.20. The Morgan fingerprint density at radius 1 is 1.33 bits per heavy atom. The van der Waals surface area contributed by atoms with E-state index < -0.39 is 0 Å². The third-order valence-corrected chi connectivity index (χ3v) is 5.95. The molecule has 9 heteroatoms. The van der Waals surface area contributed by atoms with E-state index in [1.165, 1.54) is 0 Å². The number of halogens is 1. The number of aryl methyl sites for hydroxylation is 1. The smallest absolute Gasteiger partial charge is 0.270 e. The van der Waals surface area contributed by atoms with Crippen molar-refractivity contribution in [3.05, 3.63) is 45.8 Å².